The van der Waals surface area contributed by atoms with Crippen LogP contribution in [0, 0.1) is 0 Å². The molecule has 0 saturated heterocycles. The normalized spacial score (nSPS) is 10.6. The summed E-state index contributed by atoms with van der Waals surface area (Å²) >= 11 is 3.58. The lowest BCUT2D eigenvalue weighted by Gasteiger charge is -2.22. The average Bonchev–Trinajstić information content (AvgIpc) is 2.72. The topological polar surface area (TPSA) is 29.5 Å². The Kier molecular flexibility index (Phi) is 4.90. The minimum Gasteiger partial charge on any atom is -0.408 e. The molecular weight excluding hydrogens is 402 g/mol. The minimum atomic E-state index is -0.469. The maximum atomic E-state index is 13.1. The Labute approximate surface area is 165 Å². The largest absolute Gasteiger partial charge is 0.424 e. The molecule has 4 heteroatoms. The van der Waals surface area contributed by atoms with Gasteiger partial charge in [0.15, 0.2) is 0 Å². The molecule has 0 fully saturated rings. The second kappa shape index (κ2) is 7.64. The maximum Gasteiger partial charge on any atom is 0.424 e. The average molecular weight is 418 g/mol. The maximum absolute atomic E-state index is 13.1. The SMILES string of the molecule is O=C(Oc1ccc2ccccc2c1Br)N(c1ccccc1)c1ccccc1. The Hall–Kier alpha value is -3.11. The van der Waals surface area contributed by atoms with E-state index < -0.39 is 6.09 Å². The molecule has 0 aliphatic heterocycles. The van der Waals surface area contributed by atoms with E-state index in [2.05, 4.69) is 15.9 Å². The molecule has 4 aromatic rings. The van der Waals surface area contributed by atoms with E-state index in [1.165, 1.54) is 0 Å². The molecule has 0 bridgehead atoms. The molecule has 4 aromatic carbocycles. The van der Waals surface area contributed by atoms with Gasteiger partial charge in [0.2, 0.25) is 0 Å². The first kappa shape index (κ1) is 17.3. The summed E-state index contributed by atoms with van der Waals surface area (Å²) in [5, 5.41) is 2.07. The molecule has 0 N–H and O–H groups in total. The van der Waals surface area contributed by atoms with E-state index >= 15 is 0 Å². The third-order valence-electron chi connectivity index (χ3n) is 4.24. The van der Waals surface area contributed by atoms with Crippen molar-refractivity contribution in [2.24, 2.45) is 0 Å². The Bertz CT molecular complexity index is 1040. The minimum absolute atomic E-state index is 0.469. The molecule has 132 valence electrons. The van der Waals surface area contributed by atoms with Crippen LogP contribution in [0.4, 0.5) is 16.2 Å². The smallest absolute Gasteiger partial charge is 0.408 e. The fourth-order valence-electron chi connectivity index (χ4n) is 2.95. The highest BCUT2D eigenvalue weighted by molar-refractivity contribution is 9.10. The summed E-state index contributed by atoms with van der Waals surface area (Å²) in [6.07, 6.45) is -0.469. The van der Waals surface area contributed by atoms with Crippen LogP contribution in [0.5, 0.6) is 5.75 Å². The van der Waals surface area contributed by atoms with Crippen LogP contribution in [0.25, 0.3) is 10.8 Å². The number of hydrogen-bond donors (Lipinski definition) is 0. The Morgan fingerprint density at radius 2 is 1.26 bits per heavy atom. The molecule has 4 rings (SSSR count). The van der Waals surface area contributed by atoms with Crippen LogP contribution in [0.3, 0.4) is 0 Å². The number of halogens is 1. The number of carbonyl (C=O) groups excluding carboxylic acids is 1. The van der Waals surface area contributed by atoms with Gasteiger partial charge in [-0.3, -0.25) is 0 Å². The summed E-state index contributed by atoms with van der Waals surface area (Å²) in [6.45, 7) is 0. The lowest BCUT2D eigenvalue weighted by atomic mass is 10.1. The highest BCUT2D eigenvalue weighted by Gasteiger charge is 2.21. The lowest BCUT2D eigenvalue weighted by Crippen LogP contribution is -2.29. The van der Waals surface area contributed by atoms with Gasteiger partial charge < -0.3 is 4.74 Å². The summed E-state index contributed by atoms with van der Waals surface area (Å²) in [4.78, 5) is 14.6. The molecule has 0 atom stereocenters. The lowest BCUT2D eigenvalue weighted by molar-refractivity contribution is 0.210. The number of fused-ring (bicyclic) bond motifs is 1. The van der Waals surface area contributed by atoms with Crippen LogP contribution in [0.1, 0.15) is 0 Å². The Morgan fingerprint density at radius 3 is 1.89 bits per heavy atom. The Morgan fingerprint density at radius 1 is 0.704 bits per heavy atom. The predicted octanol–water partition coefficient (Wildman–Crippen LogP) is 6.94. The third-order valence-corrected chi connectivity index (χ3v) is 5.05. The molecule has 0 radical (unpaired) electrons. The van der Waals surface area contributed by atoms with Crippen LogP contribution in [0.15, 0.2) is 102 Å². The number of ether oxygens (including phenoxy) is 1. The number of hydrogen-bond acceptors (Lipinski definition) is 2. The van der Waals surface area contributed by atoms with E-state index in [9.17, 15) is 4.79 Å². The van der Waals surface area contributed by atoms with Crippen molar-refractivity contribution >= 4 is 44.2 Å². The highest BCUT2D eigenvalue weighted by atomic mass is 79.9. The van der Waals surface area contributed by atoms with Gasteiger partial charge in [-0.1, -0.05) is 66.7 Å². The molecule has 0 aromatic heterocycles. The van der Waals surface area contributed by atoms with Crippen molar-refractivity contribution in [2.45, 2.75) is 0 Å². The van der Waals surface area contributed by atoms with Crippen LogP contribution in [-0.4, -0.2) is 6.09 Å². The van der Waals surface area contributed by atoms with Crippen molar-refractivity contribution in [2.75, 3.05) is 4.90 Å². The molecule has 0 spiro atoms. The van der Waals surface area contributed by atoms with E-state index in [1.54, 1.807) is 11.0 Å². The zero-order chi connectivity index (χ0) is 18.6. The second-order valence-corrected chi connectivity index (χ2v) is 6.77. The van der Waals surface area contributed by atoms with Gasteiger partial charge in [0.05, 0.1) is 15.8 Å². The van der Waals surface area contributed by atoms with E-state index in [1.807, 2.05) is 91.0 Å². The molecule has 0 saturated carbocycles. The number of nitrogens with zero attached hydrogens (tertiary/aromatic N) is 1. The van der Waals surface area contributed by atoms with Gasteiger partial charge >= 0.3 is 6.09 Å². The second-order valence-electron chi connectivity index (χ2n) is 5.97. The van der Waals surface area contributed by atoms with Gasteiger partial charge in [-0.25, -0.2) is 9.69 Å². The number of anilines is 2. The first-order chi connectivity index (χ1) is 13.2. The highest BCUT2D eigenvalue weighted by Crippen LogP contribution is 2.34. The van der Waals surface area contributed by atoms with E-state index in [0.717, 1.165) is 26.6 Å². The van der Waals surface area contributed by atoms with E-state index in [-0.39, 0.29) is 0 Å². The molecule has 1 amide bonds. The summed E-state index contributed by atoms with van der Waals surface area (Å²) < 4.78 is 6.52. The van der Waals surface area contributed by atoms with E-state index in [0.29, 0.717) is 5.75 Å². The van der Waals surface area contributed by atoms with Crippen LogP contribution in [0.2, 0.25) is 0 Å². The van der Waals surface area contributed by atoms with Crippen molar-refractivity contribution in [3.05, 3.63) is 102 Å². The fraction of sp³-hybridized carbons (Fsp3) is 0. The number of benzene rings is 4. The number of rotatable bonds is 3. The molecule has 27 heavy (non-hydrogen) atoms. The van der Waals surface area contributed by atoms with Crippen LogP contribution in [-0.2, 0) is 0 Å². The summed E-state index contributed by atoms with van der Waals surface area (Å²) in [5.74, 6) is 0.482. The van der Waals surface area contributed by atoms with Gasteiger partial charge in [0.25, 0.3) is 0 Å². The third kappa shape index (κ3) is 3.57. The van der Waals surface area contributed by atoms with Crippen LogP contribution < -0.4 is 9.64 Å². The van der Waals surface area contributed by atoms with Crippen molar-refractivity contribution in [3.8, 4) is 5.75 Å². The van der Waals surface area contributed by atoms with Crippen molar-refractivity contribution < 1.29 is 9.53 Å². The molecule has 0 unspecified atom stereocenters. The molecular formula is C23H16BrNO2. The fourth-order valence-corrected chi connectivity index (χ4v) is 3.52. The molecule has 0 aliphatic rings. The van der Waals surface area contributed by atoms with Gasteiger partial charge in [-0.2, -0.15) is 0 Å². The van der Waals surface area contributed by atoms with Crippen molar-refractivity contribution in [1.29, 1.82) is 0 Å². The van der Waals surface area contributed by atoms with Gasteiger partial charge in [0.1, 0.15) is 5.75 Å². The number of amides is 1. The summed E-state index contributed by atoms with van der Waals surface area (Å²) in [6, 6.07) is 30.6. The molecule has 3 nitrogen and oxygen atoms in total. The predicted molar refractivity (Wildman–Crippen MR) is 113 cm³/mol. The summed E-state index contributed by atoms with van der Waals surface area (Å²) in [5.41, 5.74) is 1.48. The zero-order valence-electron chi connectivity index (χ0n) is 14.4. The van der Waals surface area contributed by atoms with E-state index in [4.69, 9.17) is 4.74 Å². The van der Waals surface area contributed by atoms with Crippen molar-refractivity contribution in [1.82, 2.24) is 0 Å². The summed E-state index contributed by atoms with van der Waals surface area (Å²) in [7, 11) is 0. The van der Waals surface area contributed by atoms with Gasteiger partial charge in [-0.15, -0.1) is 0 Å². The van der Waals surface area contributed by atoms with Crippen molar-refractivity contribution in [3.63, 3.8) is 0 Å². The Balaban J connectivity index is 1.72. The zero-order valence-corrected chi connectivity index (χ0v) is 16.0. The number of carbonyl (C=O) groups is 1. The van der Waals surface area contributed by atoms with Gasteiger partial charge in [-0.05, 0) is 57.0 Å². The molecule has 0 aliphatic carbocycles. The first-order valence-corrected chi connectivity index (χ1v) is 9.32. The van der Waals surface area contributed by atoms with Gasteiger partial charge in [0, 0.05) is 0 Å². The standard InChI is InChI=1S/C23H16BrNO2/c24-22-20-14-8-7-9-17(20)15-16-21(22)27-23(26)25(18-10-3-1-4-11-18)19-12-5-2-6-13-19/h1-16H. The number of para-hydroxylation sites is 2. The first-order valence-electron chi connectivity index (χ1n) is 8.53. The van der Waals surface area contributed by atoms with Crippen LogP contribution >= 0.6 is 15.9 Å². The molecule has 0 heterocycles. The quantitative estimate of drug-likeness (QED) is 0.361. The monoisotopic (exact) mass is 417 g/mol.